The van der Waals surface area contributed by atoms with Gasteiger partial charge in [-0.05, 0) is 47.2 Å². The molecule has 0 spiro atoms. The molecule has 0 atom stereocenters. The van der Waals surface area contributed by atoms with E-state index in [-0.39, 0.29) is 11.3 Å². The molecule has 2 rings (SSSR count). The lowest BCUT2D eigenvalue weighted by Crippen LogP contribution is -2.24. The molecule has 2 aromatic rings. The van der Waals surface area contributed by atoms with E-state index >= 15 is 0 Å². The van der Waals surface area contributed by atoms with Crippen LogP contribution in [-0.4, -0.2) is 14.7 Å². The fourth-order valence-electron chi connectivity index (χ4n) is 1.46. The van der Waals surface area contributed by atoms with Crippen LogP contribution in [0.1, 0.15) is 11.3 Å². The number of phenols is 1. The first kappa shape index (κ1) is 12.1. The summed E-state index contributed by atoms with van der Waals surface area (Å²) in [6.07, 6.45) is 1.55. The first-order chi connectivity index (χ1) is 8.08. The fourth-order valence-corrected chi connectivity index (χ4v) is 1.91. The molecular formula is C12H11IN2O2. The van der Waals surface area contributed by atoms with Crippen molar-refractivity contribution in [3.05, 3.63) is 55.8 Å². The molecule has 1 aromatic heterocycles. The number of nitrogens with zero attached hydrogens (tertiary/aromatic N) is 2. The molecule has 0 amide bonds. The van der Waals surface area contributed by atoms with Crippen molar-refractivity contribution in [1.82, 2.24) is 9.55 Å². The molecule has 0 unspecified atom stereocenters. The summed E-state index contributed by atoms with van der Waals surface area (Å²) in [6, 6.07) is 6.78. The maximum atomic E-state index is 11.9. The molecule has 4 nitrogen and oxygen atoms in total. The van der Waals surface area contributed by atoms with Crippen LogP contribution in [-0.2, 0) is 6.54 Å². The van der Waals surface area contributed by atoms with Crippen LogP contribution in [0, 0.1) is 10.5 Å². The van der Waals surface area contributed by atoms with Crippen molar-refractivity contribution in [2.75, 3.05) is 0 Å². The summed E-state index contributed by atoms with van der Waals surface area (Å²) in [5.74, 6) is 0.220. The molecule has 0 aliphatic carbocycles. The van der Waals surface area contributed by atoms with E-state index in [1.165, 1.54) is 0 Å². The first-order valence-corrected chi connectivity index (χ1v) is 6.15. The van der Waals surface area contributed by atoms with Gasteiger partial charge in [0.1, 0.15) is 5.75 Å². The van der Waals surface area contributed by atoms with E-state index in [1.54, 1.807) is 35.2 Å². The third kappa shape index (κ3) is 2.66. The molecule has 0 aliphatic rings. The molecular weight excluding hydrogens is 331 g/mol. The number of rotatable bonds is 2. The third-order valence-corrected chi connectivity index (χ3v) is 3.69. The van der Waals surface area contributed by atoms with Crippen LogP contribution < -0.4 is 5.56 Å². The van der Waals surface area contributed by atoms with Gasteiger partial charge in [0.15, 0.2) is 0 Å². The molecule has 17 heavy (non-hydrogen) atoms. The Morgan fingerprint density at radius 2 is 2.00 bits per heavy atom. The van der Waals surface area contributed by atoms with Crippen molar-refractivity contribution in [2.24, 2.45) is 0 Å². The predicted octanol–water partition coefficient (Wildman–Crippen LogP) is 1.91. The summed E-state index contributed by atoms with van der Waals surface area (Å²) in [7, 11) is 0. The number of aromatic hydroxyl groups is 1. The number of aromatic nitrogens is 2. The summed E-state index contributed by atoms with van der Waals surface area (Å²) < 4.78 is 2.20. The Labute approximate surface area is 112 Å². The SMILES string of the molecule is Cc1ncn(Cc2ccc(O)cc2)c(=O)c1I. The van der Waals surface area contributed by atoms with Crippen LogP contribution in [0.4, 0.5) is 0 Å². The van der Waals surface area contributed by atoms with Crippen LogP contribution in [0.3, 0.4) is 0 Å². The van der Waals surface area contributed by atoms with Crippen molar-refractivity contribution < 1.29 is 5.11 Å². The van der Waals surface area contributed by atoms with Crippen LogP contribution >= 0.6 is 22.6 Å². The standard InChI is InChI=1S/C12H11IN2O2/c1-8-11(13)12(17)15(7-14-8)6-9-2-4-10(16)5-3-9/h2-5,7,16H,6H2,1H3. The Bertz CT molecular complexity index is 590. The fraction of sp³-hybridized carbons (Fsp3) is 0.167. The molecule has 5 heteroatoms. The molecule has 88 valence electrons. The predicted molar refractivity (Wildman–Crippen MR) is 73.2 cm³/mol. The van der Waals surface area contributed by atoms with Crippen LogP contribution in [0.5, 0.6) is 5.75 Å². The first-order valence-electron chi connectivity index (χ1n) is 5.07. The topological polar surface area (TPSA) is 55.1 Å². The molecule has 0 radical (unpaired) electrons. The van der Waals surface area contributed by atoms with Gasteiger partial charge in [-0.15, -0.1) is 0 Å². The minimum atomic E-state index is -0.0359. The third-order valence-electron chi connectivity index (χ3n) is 2.45. The summed E-state index contributed by atoms with van der Waals surface area (Å²) in [4.78, 5) is 16.1. The van der Waals surface area contributed by atoms with E-state index in [4.69, 9.17) is 0 Å². The number of phenolic OH excluding ortho intramolecular Hbond substituents is 1. The van der Waals surface area contributed by atoms with Crippen molar-refractivity contribution in [3.63, 3.8) is 0 Å². The zero-order valence-corrected chi connectivity index (χ0v) is 11.4. The van der Waals surface area contributed by atoms with Crippen molar-refractivity contribution >= 4 is 22.6 Å². The van der Waals surface area contributed by atoms with Gasteiger partial charge in [0, 0.05) is 0 Å². The highest BCUT2D eigenvalue weighted by Crippen LogP contribution is 2.10. The highest BCUT2D eigenvalue weighted by molar-refractivity contribution is 14.1. The number of benzene rings is 1. The van der Waals surface area contributed by atoms with Gasteiger partial charge in [-0.2, -0.15) is 0 Å². The van der Waals surface area contributed by atoms with E-state index in [0.717, 1.165) is 11.3 Å². The van der Waals surface area contributed by atoms with Crippen LogP contribution in [0.2, 0.25) is 0 Å². The minimum absolute atomic E-state index is 0.0359. The van der Waals surface area contributed by atoms with Crippen molar-refractivity contribution in [3.8, 4) is 5.75 Å². The summed E-state index contributed by atoms with van der Waals surface area (Å²) >= 11 is 2.01. The average Bonchev–Trinajstić information content (AvgIpc) is 2.33. The van der Waals surface area contributed by atoms with Gasteiger partial charge in [0.2, 0.25) is 0 Å². The zero-order valence-electron chi connectivity index (χ0n) is 9.22. The van der Waals surface area contributed by atoms with Gasteiger partial charge >= 0.3 is 0 Å². The maximum Gasteiger partial charge on any atom is 0.267 e. The van der Waals surface area contributed by atoms with E-state index < -0.39 is 0 Å². The van der Waals surface area contributed by atoms with Gasteiger partial charge in [0.05, 0.1) is 22.1 Å². The quantitative estimate of drug-likeness (QED) is 0.849. The second kappa shape index (κ2) is 4.87. The Hall–Kier alpha value is -1.37. The average molecular weight is 342 g/mol. The summed E-state index contributed by atoms with van der Waals surface area (Å²) in [5, 5.41) is 9.18. The molecule has 1 heterocycles. The number of hydrogen-bond acceptors (Lipinski definition) is 3. The van der Waals surface area contributed by atoms with E-state index in [9.17, 15) is 9.90 Å². The Balaban J connectivity index is 2.34. The van der Waals surface area contributed by atoms with Gasteiger partial charge in [0.25, 0.3) is 5.56 Å². The lowest BCUT2D eigenvalue weighted by Gasteiger charge is -2.07. The minimum Gasteiger partial charge on any atom is -0.508 e. The summed E-state index contributed by atoms with van der Waals surface area (Å²) in [6.45, 7) is 2.27. The highest BCUT2D eigenvalue weighted by Gasteiger charge is 2.05. The van der Waals surface area contributed by atoms with Crippen molar-refractivity contribution in [1.29, 1.82) is 0 Å². The van der Waals surface area contributed by atoms with Gasteiger partial charge in [-0.25, -0.2) is 4.98 Å². The number of halogens is 1. The molecule has 0 saturated heterocycles. The number of hydrogen-bond donors (Lipinski definition) is 1. The molecule has 0 saturated carbocycles. The molecule has 1 N–H and O–H groups in total. The second-order valence-corrected chi connectivity index (χ2v) is 4.82. The van der Waals surface area contributed by atoms with Crippen molar-refractivity contribution in [2.45, 2.75) is 13.5 Å². The Morgan fingerprint density at radius 1 is 1.35 bits per heavy atom. The van der Waals surface area contributed by atoms with E-state index in [2.05, 4.69) is 4.98 Å². The smallest absolute Gasteiger partial charge is 0.267 e. The monoisotopic (exact) mass is 342 g/mol. The molecule has 0 bridgehead atoms. The highest BCUT2D eigenvalue weighted by atomic mass is 127. The Morgan fingerprint density at radius 3 is 2.65 bits per heavy atom. The van der Waals surface area contributed by atoms with Gasteiger partial charge in [-0.1, -0.05) is 12.1 Å². The van der Waals surface area contributed by atoms with E-state index in [1.807, 2.05) is 29.5 Å². The molecule has 0 aliphatic heterocycles. The number of aryl methyl sites for hydroxylation is 1. The molecule has 1 aromatic carbocycles. The second-order valence-electron chi connectivity index (χ2n) is 3.74. The van der Waals surface area contributed by atoms with Gasteiger partial charge in [-0.3, -0.25) is 9.36 Å². The summed E-state index contributed by atoms with van der Waals surface area (Å²) in [5.41, 5.74) is 1.66. The lowest BCUT2D eigenvalue weighted by molar-refractivity contribution is 0.475. The largest absolute Gasteiger partial charge is 0.508 e. The van der Waals surface area contributed by atoms with Crippen LogP contribution in [0.15, 0.2) is 35.4 Å². The van der Waals surface area contributed by atoms with Crippen LogP contribution in [0.25, 0.3) is 0 Å². The van der Waals surface area contributed by atoms with Gasteiger partial charge < -0.3 is 5.11 Å². The maximum absolute atomic E-state index is 11.9. The van der Waals surface area contributed by atoms with E-state index in [0.29, 0.717) is 10.1 Å². The molecule has 0 fully saturated rings. The Kier molecular flexibility index (Phi) is 3.46. The zero-order chi connectivity index (χ0) is 12.4. The lowest BCUT2D eigenvalue weighted by atomic mass is 10.2. The normalized spacial score (nSPS) is 10.5.